The topological polar surface area (TPSA) is 116 Å². The summed E-state index contributed by atoms with van der Waals surface area (Å²) in [6.45, 7) is 5.22. The number of aromatic nitrogens is 5. The van der Waals surface area contributed by atoms with E-state index < -0.39 is 16.1 Å². The Balaban J connectivity index is 1.16. The molecule has 1 aromatic carbocycles. The van der Waals surface area contributed by atoms with Crippen LogP contribution in [0.4, 0.5) is 5.82 Å². The fourth-order valence-electron chi connectivity index (χ4n) is 6.27. The molecule has 0 aliphatic carbocycles. The molecule has 6 heterocycles. The maximum atomic E-state index is 11.8. The van der Waals surface area contributed by atoms with Gasteiger partial charge in [0.25, 0.3) is 0 Å². The van der Waals surface area contributed by atoms with E-state index in [2.05, 4.69) is 20.1 Å². The minimum atomic E-state index is -3.14. The lowest BCUT2D eigenvalue weighted by Gasteiger charge is -2.59. The van der Waals surface area contributed by atoms with E-state index in [0.29, 0.717) is 52.4 Å². The fourth-order valence-corrected chi connectivity index (χ4v) is 7.96. The first-order valence-corrected chi connectivity index (χ1v) is 16.8. The molecular weight excluding hydrogens is 613 g/mol. The van der Waals surface area contributed by atoms with Gasteiger partial charge in [0, 0.05) is 61.5 Å². The average molecular weight is 645 g/mol. The molecule has 1 spiro atoms. The van der Waals surface area contributed by atoms with Crippen LogP contribution in [0.3, 0.4) is 0 Å². The number of fused-ring (bicyclic) bond motifs is 1. The highest BCUT2D eigenvalue weighted by Gasteiger charge is 2.54. The Morgan fingerprint density at radius 3 is 2.47 bits per heavy atom. The van der Waals surface area contributed by atoms with Crippen molar-refractivity contribution >= 4 is 49.9 Å². The molecule has 3 fully saturated rings. The van der Waals surface area contributed by atoms with E-state index in [4.69, 9.17) is 37.8 Å². The third kappa shape index (κ3) is 5.33. The van der Waals surface area contributed by atoms with E-state index in [1.807, 2.05) is 41.9 Å². The van der Waals surface area contributed by atoms with Crippen molar-refractivity contribution in [1.29, 1.82) is 0 Å². The third-order valence-corrected chi connectivity index (χ3v) is 10.3. The summed E-state index contributed by atoms with van der Waals surface area (Å²) in [5, 5.41) is 15.8. The van der Waals surface area contributed by atoms with Gasteiger partial charge in [0.05, 0.1) is 21.8 Å². The molecule has 0 saturated carbocycles. The van der Waals surface area contributed by atoms with Gasteiger partial charge in [0.1, 0.15) is 23.2 Å². The molecule has 0 N–H and O–H groups in total. The van der Waals surface area contributed by atoms with Crippen molar-refractivity contribution in [3.8, 4) is 17.1 Å². The van der Waals surface area contributed by atoms with E-state index in [0.717, 1.165) is 49.1 Å². The van der Waals surface area contributed by atoms with Crippen molar-refractivity contribution in [2.24, 2.45) is 5.41 Å². The zero-order valence-electron chi connectivity index (χ0n) is 23.8. The number of pyridine rings is 1. The van der Waals surface area contributed by atoms with Gasteiger partial charge in [0.15, 0.2) is 12.0 Å². The van der Waals surface area contributed by atoms with Crippen LogP contribution in [0.25, 0.3) is 22.3 Å². The molecule has 7 rings (SSSR count). The molecular formula is C29H31Cl2N7O4S. The van der Waals surface area contributed by atoms with Gasteiger partial charge in [-0.15, -0.1) is 10.2 Å². The lowest BCUT2D eigenvalue weighted by Crippen LogP contribution is -2.73. The summed E-state index contributed by atoms with van der Waals surface area (Å²) in [5.74, 6) is 1.39. The molecule has 226 valence electrons. The van der Waals surface area contributed by atoms with E-state index in [-0.39, 0.29) is 11.6 Å². The summed E-state index contributed by atoms with van der Waals surface area (Å²) in [6, 6.07) is 9.72. The second-order valence-corrected chi connectivity index (χ2v) is 14.5. The van der Waals surface area contributed by atoms with E-state index in [1.165, 1.54) is 10.6 Å². The summed E-state index contributed by atoms with van der Waals surface area (Å²) in [6.07, 6.45) is 6.77. The molecule has 3 saturated heterocycles. The predicted molar refractivity (Wildman–Crippen MR) is 164 cm³/mol. The van der Waals surface area contributed by atoms with Gasteiger partial charge in [-0.1, -0.05) is 23.2 Å². The van der Waals surface area contributed by atoms with Gasteiger partial charge < -0.3 is 14.4 Å². The molecule has 14 heteroatoms. The van der Waals surface area contributed by atoms with Crippen LogP contribution in [-0.4, -0.2) is 76.7 Å². The van der Waals surface area contributed by atoms with Gasteiger partial charge in [-0.3, -0.25) is 4.98 Å². The highest BCUT2D eigenvalue weighted by molar-refractivity contribution is 7.88. The van der Waals surface area contributed by atoms with Crippen molar-refractivity contribution < 1.29 is 17.9 Å². The molecule has 1 unspecified atom stereocenters. The van der Waals surface area contributed by atoms with Crippen molar-refractivity contribution in [3.05, 3.63) is 58.3 Å². The number of hydrogen-bond acceptors (Lipinski definition) is 9. The smallest absolute Gasteiger partial charge is 0.211 e. The Hall–Kier alpha value is -3.03. The maximum absolute atomic E-state index is 11.8. The maximum Gasteiger partial charge on any atom is 0.211 e. The van der Waals surface area contributed by atoms with Gasteiger partial charge >= 0.3 is 0 Å². The number of hydrogen-bond donors (Lipinski definition) is 0. The second kappa shape index (κ2) is 10.8. The van der Waals surface area contributed by atoms with Crippen LogP contribution in [0.5, 0.6) is 5.75 Å². The SMILES string of the molecule is C[C@@H](Oc1ccc2c(c1)c(-c1ccc(N3CC4(C3)CN(S(C)(=O)=O)C4)nn1)nn2C1CCCCO1)c1c(Cl)cncc1Cl. The van der Waals surface area contributed by atoms with Gasteiger partial charge in [-0.25, -0.2) is 17.4 Å². The minimum Gasteiger partial charge on any atom is -0.486 e. The summed E-state index contributed by atoms with van der Waals surface area (Å²) in [7, 11) is -3.14. The lowest BCUT2D eigenvalue weighted by atomic mass is 9.74. The number of benzene rings is 1. The second-order valence-electron chi connectivity index (χ2n) is 11.7. The summed E-state index contributed by atoms with van der Waals surface area (Å²) < 4.78 is 39.4. The first-order chi connectivity index (χ1) is 20.6. The largest absolute Gasteiger partial charge is 0.486 e. The molecule has 11 nitrogen and oxygen atoms in total. The summed E-state index contributed by atoms with van der Waals surface area (Å²) in [5.41, 5.74) is 2.92. The lowest BCUT2D eigenvalue weighted by molar-refractivity contribution is -0.0365. The van der Waals surface area contributed by atoms with Crippen LogP contribution < -0.4 is 9.64 Å². The van der Waals surface area contributed by atoms with Crippen LogP contribution in [-0.2, 0) is 14.8 Å². The Morgan fingerprint density at radius 2 is 1.81 bits per heavy atom. The van der Waals surface area contributed by atoms with Crippen LogP contribution in [0, 0.1) is 5.41 Å². The molecule has 2 atom stereocenters. The highest BCUT2D eigenvalue weighted by Crippen LogP contribution is 2.43. The standard InChI is InChI=1S/C29H31Cl2N7O4S/c1-18(27-21(30)12-32-13-22(27)31)42-19-6-8-24-20(11-19)28(35-38(24)26-5-3-4-10-41-26)23-7-9-25(34-33-23)36-14-29(15-36)16-37(17-29)43(2,39)40/h6-9,11-13,18,26H,3-5,10,14-17H2,1-2H3/t18-,26?/m1/s1. The normalized spacial score (nSPS) is 21.0. The van der Waals surface area contributed by atoms with Gasteiger partial charge in [-0.2, -0.15) is 5.10 Å². The van der Waals surface area contributed by atoms with E-state index in [1.54, 1.807) is 12.4 Å². The van der Waals surface area contributed by atoms with Crippen molar-refractivity contribution in [2.45, 2.75) is 38.5 Å². The van der Waals surface area contributed by atoms with Crippen molar-refractivity contribution in [3.63, 3.8) is 0 Å². The number of nitrogens with zero attached hydrogens (tertiary/aromatic N) is 7. The molecule has 0 radical (unpaired) electrons. The van der Waals surface area contributed by atoms with Gasteiger partial charge in [-0.05, 0) is 56.5 Å². The molecule has 4 aromatic rings. The Morgan fingerprint density at radius 1 is 1.05 bits per heavy atom. The van der Waals surface area contributed by atoms with Crippen molar-refractivity contribution in [1.82, 2.24) is 29.3 Å². The van der Waals surface area contributed by atoms with Crippen LogP contribution in [0.1, 0.15) is 44.1 Å². The fraction of sp³-hybridized carbons (Fsp3) is 0.448. The van der Waals surface area contributed by atoms with Crippen molar-refractivity contribution in [2.75, 3.05) is 43.9 Å². The number of halogens is 2. The summed E-state index contributed by atoms with van der Waals surface area (Å²) in [4.78, 5) is 6.17. The molecule has 0 bridgehead atoms. The number of rotatable bonds is 7. The Labute approximate surface area is 259 Å². The minimum absolute atomic E-state index is 0.0106. The molecule has 0 amide bonds. The Kier molecular flexibility index (Phi) is 7.25. The van der Waals surface area contributed by atoms with Crippen LogP contribution >= 0.6 is 23.2 Å². The van der Waals surface area contributed by atoms with Crippen LogP contribution in [0.15, 0.2) is 42.7 Å². The Bertz CT molecular complexity index is 1760. The quantitative estimate of drug-likeness (QED) is 0.271. The van der Waals surface area contributed by atoms with E-state index >= 15 is 0 Å². The number of ether oxygens (including phenoxy) is 2. The zero-order valence-corrected chi connectivity index (χ0v) is 26.1. The predicted octanol–water partition coefficient (Wildman–Crippen LogP) is 5.12. The molecule has 43 heavy (non-hydrogen) atoms. The average Bonchev–Trinajstić information content (AvgIpc) is 3.30. The highest BCUT2D eigenvalue weighted by atomic mass is 35.5. The molecule has 3 aromatic heterocycles. The number of sulfonamides is 1. The number of anilines is 1. The van der Waals surface area contributed by atoms with Crippen LogP contribution in [0.2, 0.25) is 10.0 Å². The molecule has 3 aliphatic rings. The third-order valence-electron chi connectivity index (χ3n) is 8.48. The molecule has 3 aliphatic heterocycles. The monoisotopic (exact) mass is 643 g/mol. The zero-order chi connectivity index (χ0) is 29.9. The first kappa shape index (κ1) is 28.7. The summed E-state index contributed by atoms with van der Waals surface area (Å²) >= 11 is 12.8. The first-order valence-electron chi connectivity index (χ1n) is 14.2. The van der Waals surface area contributed by atoms with E-state index in [9.17, 15) is 8.42 Å². The van der Waals surface area contributed by atoms with Gasteiger partial charge in [0.2, 0.25) is 10.0 Å².